The number of aromatic nitrogens is 4. The van der Waals surface area contributed by atoms with Gasteiger partial charge < -0.3 is 10.1 Å². The summed E-state index contributed by atoms with van der Waals surface area (Å²) in [6.07, 6.45) is 2.91. The molecule has 0 radical (unpaired) electrons. The molecule has 31 heavy (non-hydrogen) atoms. The molecule has 0 fully saturated rings. The molecule has 2 aromatic carbocycles. The maximum Gasteiger partial charge on any atom is 0.264 e. The SMILES string of the molecule is COc1cccc(C(=O)NCCn2ncc3c(=O)n(Cc4ccc(F)cc4)cnc32)c1. The Balaban J connectivity index is 1.44. The summed E-state index contributed by atoms with van der Waals surface area (Å²) in [6.45, 7) is 0.949. The zero-order valence-electron chi connectivity index (χ0n) is 16.8. The molecule has 0 aliphatic carbocycles. The van der Waals surface area contributed by atoms with Crippen LogP contribution in [-0.4, -0.2) is 38.9 Å². The van der Waals surface area contributed by atoms with Gasteiger partial charge in [-0.25, -0.2) is 14.1 Å². The van der Waals surface area contributed by atoms with Crippen molar-refractivity contribution in [1.82, 2.24) is 24.6 Å². The van der Waals surface area contributed by atoms with Gasteiger partial charge in [0.15, 0.2) is 5.65 Å². The van der Waals surface area contributed by atoms with Crippen molar-refractivity contribution in [1.29, 1.82) is 0 Å². The highest BCUT2D eigenvalue weighted by atomic mass is 19.1. The van der Waals surface area contributed by atoms with Crippen LogP contribution in [0.1, 0.15) is 15.9 Å². The van der Waals surface area contributed by atoms with Gasteiger partial charge in [0.2, 0.25) is 0 Å². The van der Waals surface area contributed by atoms with Crippen molar-refractivity contribution < 1.29 is 13.9 Å². The number of hydrogen-bond donors (Lipinski definition) is 1. The van der Waals surface area contributed by atoms with Gasteiger partial charge in [-0.15, -0.1) is 0 Å². The van der Waals surface area contributed by atoms with E-state index in [1.165, 1.54) is 29.2 Å². The van der Waals surface area contributed by atoms with Gasteiger partial charge in [-0.1, -0.05) is 18.2 Å². The number of fused-ring (bicyclic) bond motifs is 1. The van der Waals surface area contributed by atoms with Crippen LogP contribution < -0.4 is 15.6 Å². The van der Waals surface area contributed by atoms with Gasteiger partial charge in [-0.2, -0.15) is 5.10 Å². The van der Waals surface area contributed by atoms with E-state index in [1.54, 1.807) is 48.2 Å². The average molecular weight is 421 g/mol. The van der Waals surface area contributed by atoms with Crippen LogP contribution in [0.5, 0.6) is 5.75 Å². The number of methoxy groups -OCH3 is 1. The third kappa shape index (κ3) is 4.45. The van der Waals surface area contributed by atoms with Crippen LogP contribution in [0.15, 0.2) is 65.8 Å². The lowest BCUT2D eigenvalue weighted by molar-refractivity contribution is 0.0951. The van der Waals surface area contributed by atoms with Gasteiger partial charge >= 0.3 is 0 Å². The number of ether oxygens (including phenoxy) is 1. The first kappa shape index (κ1) is 20.3. The van der Waals surface area contributed by atoms with E-state index in [9.17, 15) is 14.0 Å². The molecule has 158 valence electrons. The van der Waals surface area contributed by atoms with Gasteiger partial charge in [-0.05, 0) is 35.9 Å². The Labute approximate surface area is 176 Å². The number of nitrogens with zero attached hydrogens (tertiary/aromatic N) is 4. The first-order chi connectivity index (χ1) is 15.0. The van der Waals surface area contributed by atoms with Crippen LogP contribution in [0.2, 0.25) is 0 Å². The van der Waals surface area contributed by atoms with Crippen LogP contribution in [0.3, 0.4) is 0 Å². The number of rotatable bonds is 7. The summed E-state index contributed by atoms with van der Waals surface area (Å²) in [5.74, 6) is 0.0428. The van der Waals surface area contributed by atoms with Crippen molar-refractivity contribution in [3.63, 3.8) is 0 Å². The minimum absolute atomic E-state index is 0.232. The fourth-order valence-corrected chi connectivity index (χ4v) is 3.20. The molecule has 2 heterocycles. The van der Waals surface area contributed by atoms with Crippen LogP contribution in [0.25, 0.3) is 11.0 Å². The van der Waals surface area contributed by atoms with Gasteiger partial charge in [0.1, 0.15) is 23.3 Å². The first-order valence-electron chi connectivity index (χ1n) is 9.63. The van der Waals surface area contributed by atoms with Gasteiger partial charge in [-0.3, -0.25) is 14.2 Å². The summed E-state index contributed by atoms with van der Waals surface area (Å²) in [4.78, 5) is 29.4. The van der Waals surface area contributed by atoms with Crippen molar-refractivity contribution >= 4 is 16.9 Å². The highest BCUT2D eigenvalue weighted by molar-refractivity contribution is 5.94. The van der Waals surface area contributed by atoms with Crippen molar-refractivity contribution in [3.05, 3.63) is 88.4 Å². The summed E-state index contributed by atoms with van der Waals surface area (Å²) in [5.41, 5.74) is 1.49. The molecule has 0 unspecified atom stereocenters. The molecule has 1 amide bonds. The monoisotopic (exact) mass is 421 g/mol. The molecule has 0 spiro atoms. The van der Waals surface area contributed by atoms with Crippen molar-refractivity contribution in [3.8, 4) is 5.75 Å². The number of benzene rings is 2. The quantitative estimate of drug-likeness (QED) is 0.494. The number of carbonyl (C=O) groups excluding carboxylic acids is 1. The summed E-state index contributed by atoms with van der Waals surface area (Å²) < 4.78 is 21.2. The maximum atomic E-state index is 13.1. The fourth-order valence-electron chi connectivity index (χ4n) is 3.20. The van der Waals surface area contributed by atoms with E-state index in [4.69, 9.17) is 4.74 Å². The Bertz CT molecular complexity index is 1280. The van der Waals surface area contributed by atoms with Crippen molar-refractivity contribution in [2.75, 3.05) is 13.7 Å². The lowest BCUT2D eigenvalue weighted by atomic mass is 10.2. The third-order valence-corrected chi connectivity index (χ3v) is 4.83. The Morgan fingerprint density at radius 1 is 1.19 bits per heavy atom. The van der Waals surface area contributed by atoms with Crippen LogP contribution in [-0.2, 0) is 13.1 Å². The fraction of sp³-hybridized carbons (Fsp3) is 0.182. The molecule has 0 aliphatic heterocycles. The molecule has 0 saturated heterocycles. The largest absolute Gasteiger partial charge is 0.497 e. The summed E-state index contributed by atoms with van der Waals surface area (Å²) in [5, 5.41) is 7.43. The van der Waals surface area contributed by atoms with E-state index in [1.807, 2.05) is 0 Å². The number of carbonyl (C=O) groups is 1. The third-order valence-electron chi connectivity index (χ3n) is 4.83. The molecule has 2 aromatic heterocycles. The molecule has 0 atom stereocenters. The number of halogens is 1. The Morgan fingerprint density at radius 3 is 2.77 bits per heavy atom. The van der Waals surface area contributed by atoms with E-state index in [2.05, 4.69) is 15.4 Å². The first-order valence-corrected chi connectivity index (χ1v) is 9.63. The lowest BCUT2D eigenvalue weighted by Gasteiger charge is -2.08. The van der Waals surface area contributed by atoms with Gasteiger partial charge in [0.05, 0.1) is 26.4 Å². The minimum atomic E-state index is -0.329. The molecular formula is C22H20FN5O3. The Kier molecular flexibility index (Phi) is 5.74. The van der Waals surface area contributed by atoms with Crippen LogP contribution in [0, 0.1) is 5.82 Å². The predicted octanol–water partition coefficient (Wildman–Crippen LogP) is 2.22. The van der Waals surface area contributed by atoms with Crippen LogP contribution in [0.4, 0.5) is 4.39 Å². The van der Waals surface area contributed by atoms with Crippen molar-refractivity contribution in [2.45, 2.75) is 13.1 Å². The molecule has 9 heteroatoms. The normalized spacial score (nSPS) is 10.9. The van der Waals surface area contributed by atoms with E-state index in [0.717, 1.165) is 5.56 Å². The van der Waals surface area contributed by atoms with E-state index in [-0.39, 0.29) is 23.8 Å². The molecule has 4 aromatic rings. The van der Waals surface area contributed by atoms with Gasteiger partial charge in [0.25, 0.3) is 11.5 Å². The zero-order valence-corrected chi connectivity index (χ0v) is 16.8. The Hall–Kier alpha value is -4.01. The average Bonchev–Trinajstić information content (AvgIpc) is 3.21. The molecule has 0 saturated carbocycles. The molecule has 0 bridgehead atoms. The number of amides is 1. The predicted molar refractivity (Wildman–Crippen MR) is 113 cm³/mol. The molecular weight excluding hydrogens is 401 g/mol. The summed E-state index contributed by atoms with van der Waals surface area (Å²) in [6, 6.07) is 12.8. The standard InChI is InChI=1S/C22H20FN5O3/c1-31-18-4-2-3-16(11-18)21(29)24-9-10-28-20-19(12-26-28)22(30)27(14-25-20)13-15-5-7-17(23)8-6-15/h2-8,11-12,14H,9-10,13H2,1H3,(H,24,29). The highest BCUT2D eigenvalue weighted by Gasteiger charge is 2.11. The second kappa shape index (κ2) is 8.78. The van der Waals surface area contributed by atoms with E-state index >= 15 is 0 Å². The lowest BCUT2D eigenvalue weighted by Crippen LogP contribution is -2.27. The van der Waals surface area contributed by atoms with Crippen molar-refractivity contribution in [2.24, 2.45) is 0 Å². The smallest absolute Gasteiger partial charge is 0.264 e. The highest BCUT2D eigenvalue weighted by Crippen LogP contribution is 2.12. The molecule has 0 aliphatic rings. The summed E-state index contributed by atoms with van der Waals surface area (Å²) in [7, 11) is 1.54. The zero-order chi connectivity index (χ0) is 21.8. The number of nitrogens with one attached hydrogen (secondary N) is 1. The Morgan fingerprint density at radius 2 is 2.00 bits per heavy atom. The van der Waals surface area contributed by atoms with E-state index < -0.39 is 0 Å². The topological polar surface area (TPSA) is 91.0 Å². The van der Waals surface area contributed by atoms with E-state index in [0.29, 0.717) is 35.4 Å². The van der Waals surface area contributed by atoms with Gasteiger partial charge in [0, 0.05) is 12.1 Å². The number of hydrogen-bond acceptors (Lipinski definition) is 5. The minimum Gasteiger partial charge on any atom is -0.497 e. The maximum absolute atomic E-state index is 13.1. The van der Waals surface area contributed by atoms with Crippen LogP contribution >= 0.6 is 0 Å². The second-order valence-corrected chi connectivity index (χ2v) is 6.90. The molecule has 8 nitrogen and oxygen atoms in total. The second-order valence-electron chi connectivity index (χ2n) is 6.90. The molecule has 4 rings (SSSR count). The summed E-state index contributed by atoms with van der Waals surface area (Å²) >= 11 is 0. The molecule has 1 N–H and O–H groups in total.